The molecule has 10 heteroatoms. The number of hydrogen-bond donors (Lipinski definition) is 2. The number of carbonyl (C=O) groups is 1. The fourth-order valence-corrected chi connectivity index (χ4v) is 6.34. The van der Waals surface area contributed by atoms with Crippen LogP contribution in [0.5, 0.6) is 0 Å². The van der Waals surface area contributed by atoms with Crippen molar-refractivity contribution in [3.63, 3.8) is 0 Å². The first-order chi connectivity index (χ1) is 15.9. The molecular formula is C24H36ClN5O3S. The maximum atomic E-state index is 13.1. The number of likely N-dealkylation sites (N-methyl/N-ethyl adjacent to an activating group) is 1. The van der Waals surface area contributed by atoms with Gasteiger partial charge >= 0.3 is 10.2 Å². The summed E-state index contributed by atoms with van der Waals surface area (Å²) >= 11 is 6.47. The Kier molecular flexibility index (Phi) is 8.44. The Hall–Kier alpha value is -1.94. The van der Waals surface area contributed by atoms with E-state index in [1.807, 2.05) is 46.9 Å². The minimum absolute atomic E-state index is 0.0242. The quantitative estimate of drug-likeness (QED) is 0.538. The molecule has 2 aromatic rings. The van der Waals surface area contributed by atoms with Crippen LogP contribution in [0.2, 0.25) is 5.02 Å². The summed E-state index contributed by atoms with van der Waals surface area (Å²) in [5.74, 6) is -0.333. The number of rotatable bonds is 9. The number of halogens is 1. The van der Waals surface area contributed by atoms with Crippen LogP contribution >= 0.6 is 11.6 Å². The number of likely N-dealkylation sites (tertiary alicyclic amines) is 1. The lowest BCUT2D eigenvalue weighted by molar-refractivity contribution is -0.118. The highest BCUT2D eigenvalue weighted by Gasteiger charge is 2.34. The Morgan fingerprint density at radius 1 is 1.21 bits per heavy atom. The molecule has 0 saturated carbocycles. The maximum absolute atomic E-state index is 13.1. The molecule has 0 spiro atoms. The third kappa shape index (κ3) is 6.19. The van der Waals surface area contributed by atoms with Gasteiger partial charge in [-0.1, -0.05) is 45.4 Å². The largest absolute Gasteiger partial charge is 0.301 e. The molecule has 34 heavy (non-hydrogen) atoms. The molecule has 1 aliphatic rings. The smallest absolute Gasteiger partial charge is 0.301 e. The number of benzene rings is 1. The van der Waals surface area contributed by atoms with Gasteiger partial charge in [-0.15, -0.1) is 0 Å². The zero-order chi connectivity index (χ0) is 25.2. The van der Waals surface area contributed by atoms with E-state index in [-0.39, 0.29) is 24.3 Å². The Morgan fingerprint density at radius 3 is 2.44 bits per heavy atom. The Balaban J connectivity index is 1.83. The van der Waals surface area contributed by atoms with Gasteiger partial charge in [-0.25, -0.2) is 4.72 Å². The summed E-state index contributed by atoms with van der Waals surface area (Å²) in [4.78, 5) is 15.1. The molecule has 1 unspecified atom stereocenters. The normalized spacial score (nSPS) is 18.1. The minimum atomic E-state index is -4.12. The predicted molar refractivity (Wildman–Crippen MR) is 135 cm³/mol. The van der Waals surface area contributed by atoms with Gasteiger partial charge in [-0.05, 0) is 61.0 Å². The van der Waals surface area contributed by atoms with Gasteiger partial charge in [0.25, 0.3) is 0 Å². The van der Waals surface area contributed by atoms with E-state index in [4.69, 9.17) is 11.6 Å². The van der Waals surface area contributed by atoms with Crippen molar-refractivity contribution in [2.75, 3.05) is 13.6 Å². The van der Waals surface area contributed by atoms with Crippen molar-refractivity contribution in [1.82, 2.24) is 24.1 Å². The van der Waals surface area contributed by atoms with E-state index in [1.165, 1.54) is 0 Å². The van der Waals surface area contributed by atoms with Gasteiger partial charge in [0.15, 0.2) is 0 Å². The summed E-state index contributed by atoms with van der Waals surface area (Å²) in [6.45, 7) is 9.01. The molecule has 2 N–H and O–H groups in total. The fourth-order valence-electron chi connectivity index (χ4n) is 4.89. The zero-order valence-electron chi connectivity index (χ0n) is 20.8. The van der Waals surface area contributed by atoms with Crippen molar-refractivity contribution in [3.8, 4) is 0 Å². The van der Waals surface area contributed by atoms with E-state index >= 15 is 0 Å². The van der Waals surface area contributed by atoms with Crippen LogP contribution < -0.4 is 9.44 Å². The SMILES string of the molecule is CC(C)c1ccc(Cl)c(C(C)C)c1CC(=O)NS(=O)(=O)NC(c1cnn(C)c1)[C@@H]1CCCN1C. The lowest BCUT2D eigenvalue weighted by atomic mass is 9.87. The predicted octanol–water partition coefficient (Wildman–Crippen LogP) is 3.65. The summed E-state index contributed by atoms with van der Waals surface area (Å²) in [5, 5.41) is 4.79. The van der Waals surface area contributed by atoms with E-state index in [0.29, 0.717) is 5.02 Å². The van der Waals surface area contributed by atoms with Gasteiger partial charge in [0, 0.05) is 29.9 Å². The second-order valence-corrected chi connectivity index (χ2v) is 11.6. The van der Waals surface area contributed by atoms with Crippen LogP contribution in [-0.4, -0.2) is 48.6 Å². The van der Waals surface area contributed by atoms with Crippen LogP contribution in [0, 0.1) is 0 Å². The molecule has 0 aliphatic carbocycles. The molecule has 1 saturated heterocycles. The number of aromatic nitrogens is 2. The van der Waals surface area contributed by atoms with Crippen molar-refractivity contribution < 1.29 is 13.2 Å². The van der Waals surface area contributed by atoms with Crippen LogP contribution in [0.3, 0.4) is 0 Å². The molecule has 188 valence electrons. The van der Waals surface area contributed by atoms with E-state index in [2.05, 4.69) is 19.4 Å². The molecule has 0 radical (unpaired) electrons. The van der Waals surface area contributed by atoms with Crippen LogP contribution in [0.15, 0.2) is 24.5 Å². The molecule has 1 aliphatic heterocycles. The molecular weight excluding hydrogens is 474 g/mol. The van der Waals surface area contributed by atoms with Crippen LogP contribution in [0.25, 0.3) is 0 Å². The van der Waals surface area contributed by atoms with Crippen LogP contribution in [-0.2, 0) is 28.5 Å². The minimum Gasteiger partial charge on any atom is -0.301 e. The number of nitrogens with one attached hydrogen (secondary N) is 2. The molecule has 0 bridgehead atoms. The van der Waals surface area contributed by atoms with Gasteiger partial charge in [-0.2, -0.15) is 18.2 Å². The molecule has 1 aromatic carbocycles. The highest BCUT2D eigenvalue weighted by atomic mass is 35.5. The molecule has 2 heterocycles. The van der Waals surface area contributed by atoms with E-state index in [1.54, 1.807) is 24.1 Å². The zero-order valence-corrected chi connectivity index (χ0v) is 22.4. The van der Waals surface area contributed by atoms with Gasteiger partial charge in [0.1, 0.15) is 0 Å². The van der Waals surface area contributed by atoms with Gasteiger partial charge < -0.3 is 4.90 Å². The second kappa shape index (κ2) is 10.8. The molecule has 8 nitrogen and oxygen atoms in total. The summed E-state index contributed by atoms with van der Waals surface area (Å²) in [6.07, 6.45) is 5.23. The fraction of sp³-hybridized carbons (Fsp3) is 0.583. The summed E-state index contributed by atoms with van der Waals surface area (Å²) in [7, 11) is -0.352. The van der Waals surface area contributed by atoms with E-state index in [0.717, 1.165) is 41.6 Å². The average molecular weight is 510 g/mol. The summed E-state index contributed by atoms with van der Waals surface area (Å²) in [5.41, 5.74) is 3.44. The van der Waals surface area contributed by atoms with Gasteiger partial charge in [-0.3, -0.25) is 9.48 Å². The first-order valence-electron chi connectivity index (χ1n) is 11.7. The standard InChI is InChI=1S/C24H36ClN5O3S/c1-15(2)18-9-10-20(25)23(16(3)4)19(18)12-22(31)27-34(32,33)28-24(17-13-26-30(6)14-17)21-8-7-11-29(21)5/h9-10,13-16,21,24,28H,7-8,11-12H2,1-6H3,(H,27,31)/t21-,24?/m0/s1. The number of carbonyl (C=O) groups excluding carboxylic acids is 1. The molecule has 2 atom stereocenters. The third-order valence-corrected chi connectivity index (χ3v) is 7.84. The highest BCUT2D eigenvalue weighted by molar-refractivity contribution is 7.88. The number of aryl methyl sites for hydroxylation is 1. The van der Waals surface area contributed by atoms with Gasteiger partial charge in [0.05, 0.1) is 18.7 Å². The van der Waals surface area contributed by atoms with Crippen molar-refractivity contribution in [1.29, 1.82) is 0 Å². The maximum Gasteiger partial charge on any atom is 0.301 e. The first-order valence-corrected chi connectivity index (χ1v) is 13.6. The monoisotopic (exact) mass is 509 g/mol. The Bertz CT molecular complexity index is 1130. The van der Waals surface area contributed by atoms with Crippen LogP contribution in [0.1, 0.15) is 80.7 Å². The topological polar surface area (TPSA) is 96.3 Å². The van der Waals surface area contributed by atoms with Crippen molar-refractivity contribution >= 4 is 27.7 Å². The third-order valence-electron chi connectivity index (χ3n) is 6.45. The molecule has 1 amide bonds. The molecule has 1 aromatic heterocycles. The highest BCUT2D eigenvalue weighted by Crippen LogP contribution is 2.34. The number of amides is 1. The lowest BCUT2D eigenvalue weighted by Gasteiger charge is -2.29. The number of hydrogen-bond acceptors (Lipinski definition) is 5. The van der Waals surface area contributed by atoms with Crippen LogP contribution in [0.4, 0.5) is 0 Å². The number of nitrogens with zero attached hydrogens (tertiary/aromatic N) is 3. The Labute approximate surface area is 208 Å². The van der Waals surface area contributed by atoms with E-state index in [9.17, 15) is 13.2 Å². The lowest BCUT2D eigenvalue weighted by Crippen LogP contribution is -2.47. The first kappa shape index (κ1) is 26.7. The second-order valence-electron chi connectivity index (χ2n) is 9.78. The molecule has 3 rings (SSSR count). The average Bonchev–Trinajstić information content (AvgIpc) is 3.33. The molecule has 1 fully saturated rings. The Morgan fingerprint density at radius 2 is 1.91 bits per heavy atom. The summed E-state index contributed by atoms with van der Waals surface area (Å²) in [6, 6.07) is 3.23. The van der Waals surface area contributed by atoms with Crippen molar-refractivity contribution in [2.24, 2.45) is 7.05 Å². The van der Waals surface area contributed by atoms with Gasteiger partial charge in [0.2, 0.25) is 5.91 Å². The van der Waals surface area contributed by atoms with E-state index < -0.39 is 22.2 Å². The van der Waals surface area contributed by atoms with Crippen molar-refractivity contribution in [2.45, 2.75) is 70.9 Å². The van der Waals surface area contributed by atoms with Crippen molar-refractivity contribution in [3.05, 3.63) is 51.8 Å². The summed E-state index contributed by atoms with van der Waals surface area (Å²) < 4.78 is 32.7.